The molecule has 0 aromatic carbocycles. The first-order chi connectivity index (χ1) is 11.0. The van der Waals surface area contributed by atoms with Crippen molar-refractivity contribution >= 4 is 11.8 Å². The van der Waals surface area contributed by atoms with Crippen LogP contribution in [-0.4, -0.2) is 28.9 Å². The van der Waals surface area contributed by atoms with Crippen LogP contribution in [0.2, 0.25) is 0 Å². The fourth-order valence-electron chi connectivity index (χ4n) is 2.39. The number of pyridine rings is 1. The second kappa shape index (κ2) is 7.77. The van der Waals surface area contributed by atoms with Crippen molar-refractivity contribution in [2.45, 2.75) is 53.0 Å². The summed E-state index contributed by atoms with van der Waals surface area (Å²) in [5, 5.41) is 14.4. The van der Waals surface area contributed by atoms with Crippen LogP contribution in [0.3, 0.4) is 0 Å². The zero-order valence-electron chi connectivity index (χ0n) is 14.8. The standard InChI is InChI=1S/C17H24N4O3/c1-10-12(11(2)20-16(24)13(10)8-18)6-7-14(22)19-9-15(23)21-17(3,4)5/h6-7,9H2,1-5H3,(H,19,22)(H,20,24)(H,21,23). The Hall–Kier alpha value is -2.62. The summed E-state index contributed by atoms with van der Waals surface area (Å²) >= 11 is 0. The van der Waals surface area contributed by atoms with Crippen LogP contribution in [0.15, 0.2) is 4.79 Å². The Morgan fingerprint density at radius 3 is 2.38 bits per heavy atom. The highest BCUT2D eigenvalue weighted by molar-refractivity contribution is 5.85. The van der Waals surface area contributed by atoms with E-state index < -0.39 is 5.56 Å². The topological polar surface area (TPSA) is 115 Å². The largest absolute Gasteiger partial charge is 0.350 e. The lowest BCUT2D eigenvalue weighted by Crippen LogP contribution is -2.45. The molecule has 2 amide bonds. The molecule has 0 unspecified atom stereocenters. The summed E-state index contributed by atoms with van der Waals surface area (Å²) in [7, 11) is 0. The second-order valence-corrected chi connectivity index (χ2v) is 6.74. The number of nitrogens with one attached hydrogen (secondary N) is 3. The van der Waals surface area contributed by atoms with Gasteiger partial charge in [-0.3, -0.25) is 14.4 Å². The molecule has 0 aliphatic carbocycles. The summed E-state index contributed by atoms with van der Waals surface area (Å²) in [5.74, 6) is -0.512. The number of carbonyl (C=O) groups excluding carboxylic acids is 2. The SMILES string of the molecule is Cc1[nH]c(=O)c(C#N)c(C)c1CCC(=O)NCC(=O)NC(C)(C)C. The first kappa shape index (κ1) is 19.4. The molecule has 1 heterocycles. The molecule has 0 bridgehead atoms. The number of hydrogen-bond donors (Lipinski definition) is 3. The average molecular weight is 332 g/mol. The highest BCUT2D eigenvalue weighted by Crippen LogP contribution is 2.14. The van der Waals surface area contributed by atoms with Crippen molar-refractivity contribution in [2.24, 2.45) is 0 Å². The maximum atomic E-state index is 11.9. The van der Waals surface area contributed by atoms with Gasteiger partial charge in [-0.2, -0.15) is 5.26 Å². The van der Waals surface area contributed by atoms with Crippen molar-refractivity contribution < 1.29 is 9.59 Å². The highest BCUT2D eigenvalue weighted by atomic mass is 16.2. The number of aryl methyl sites for hydroxylation is 1. The molecule has 1 aromatic rings. The summed E-state index contributed by atoms with van der Waals surface area (Å²) in [6.07, 6.45) is 0.553. The maximum Gasteiger partial charge on any atom is 0.266 e. The molecular formula is C17H24N4O3. The molecule has 24 heavy (non-hydrogen) atoms. The Kier molecular flexibility index (Phi) is 6.29. The van der Waals surface area contributed by atoms with Crippen LogP contribution in [0.1, 0.15) is 49.6 Å². The van der Waals surface area contributed by atoms with Crippen LogP contribution >= 0.6 is 0 Å². The van der Waals surface area contributed by atoms with E-state index in [1.165, 1.54) is 0 Å². The number of aromatic nitrogens is 1. The van der Waals surface area contributed by atoms with Gasteiger partial charge in [-0.15, -0.1) is 0 Å². The van der Waals surface area contributed by atoms with E-state index in [2.05, 4.69) is 15.6 Å². The van der Waals surface area contributed by atoms with Crippen molar-refractivity contribution in [1.82, 2.24) is 15.6 Å². The predicted octanol–water partition coefficient (Wildman–Crippen LogP) is 0.827. The third-order valence-corrected chi connectivity index (χ3v) is 3.48. The maximum absolute atomic E-state index is 11.9. The lowest BCUT2D eigenvalue weighted by molar-refractivity contribution is -0.126. The Morgan fingerprint density at radius 1 is 1.21 bits per heavy atom. The zero-order valence-corrected chi connectivity index (χ0v) is 14.8. The van der Waals surface area contributed by atoms with Gasteiger partial charge in [-0.25, -0.2) is 0 Å². The van der Waals surface area contributed by atoms with E-state index in [4.69, 9.17) is 5.26 Å². The van der Waals surface area contributed by atoms with Gasteiger partial charge in [-0.05, 0) is 52.2 Å². The first-order valence-electron chi connectivity index (χ1n) is 7.75. The highest BCUT2D eigenvalue weighted by Gasteiger charge is 2.16. The van der Waals surface area contributed by atoms with Crippen molar-refractivity contribution in [3.8, 4) is 6.07 Å². The van der Waals surface area contributed by atoms with Gasteiger partial charge in [0.05, 0.1) is 6.54 Å². The smallest absolute Gasteiger partial charge is 0.266 e. The molecule has 1 aromatic heterocycles. The van der Waals surface area contributed by atoms with Gasteiger partial charge in [0, 0.05) is 17.7 Å². The third kappa shape index (κ3) is 5.54. The number of H-pyrrole nitrogens is 1. The lowest BCUT2D eigenvalue weighted by atomic mass is 9.99. The van der Waals surface area contributed by atoms with E-state index in [0.29, 0.717) is 17.7 Å². The van der Waals surface area contributed by atoms with Gasteiger partial charge in [0.15, 0.2) is 0 Å². The number of rotatable bonds is 5. The van der Waals surface area contributed by atoms with E-state index in [0.717, 1.165) is 5.56 Å². The van der Waals surface area contributed by atoms with E-state index in [9.17, 15) is 14.4 Å². The minimum absolute atomic E-state index is 0.0700. The van der Waals surface area contributed by atoms with Crippen LogP contribution in [0, 0.1) is 25.2 Å². The summed E-state index contributed by atoms with van der Waals surface area (Å²) in [5.41, 5.74) is 1.33. The molecule has 0 spiro atoms. The van der Waals surface area contributed by atoms with Gasteiger partial charge in [0.2, 0.25) is 11.8 Å². The van der Waals surface area contributed by atoms with Gasteiger partial charge in [0.25, 0.3) is 5.56 Å². The molecule has 0 fully saturated rings. The van der Waals surface area contributed by atoms with E-state index in [1.54, 1.807) is 13.8 Å². The Labute approximate surface area is 141 Å². The van der Waals surface area contributed by atoms with E-state index in [-0.39, 0.29) is 35.9 Å². The number of aromatic amines is 1. The molecule has 0 radical (unpaired) electrons. The number of nitriles is 1. The van der Waals surface area contributed by atoms with Crippen LogP contribution in [0.5, 0.6) is 0 Å². The molecule has 0 aliphatic heterocycles. The lowest BCUT2D eigenvalue weighted by Gasteiger charge is -2.20. The Balaban J connectivity index is 2.65. The minimum atomic E-state index is -0.417. The quantitative estimate of drug-likeness (QED) is 0.740. The van der Waals surface area contributed by atoms with Crippen molar-refractivity contribution in [2.75, 3.05) is 6.54 Å². The van der Waals surface area contributed by atoms with Crippen molar-refractivity contribution in [3.63, 3.8) is 0 Å². The fraction of sp³-hybridized carbons (Fsp3) is 0.529. The zero-order chi connectivity index (χ0) is 18.5. The normalized spacial score (nSPS) is 10.8. The number of hydrogen-bond acceptors (Lipinski definition) is 4. The summed E-state index contributed by atoms with van der Waals surface area (Å²) in [6.45, 7) is 8.94. The molecule has 0 saturated heterocycles. The van der Waals surface area contributed by atoms with Crippen LogP contribution < -0.4 is 16.2 Å². The summed E-state index contributed by atoms with van der Waals surface area (Å²) < 4.78 is 0. The van der Waals surface area contributed by atoms with Crippen molar-refractivity contribution in [1.29, 1.82) is 5.26 Å². The number of amides is 2. The van der Waals surface area contributed by atoms with Gasteiger partial charge < -0.3 is 15.6 Å². The second-order valence-electron chi connectivity index (χ2n) is 6.74. The summed E-state index contributed by atoms with van der Waals surface area (Å²) in [4.78, 5) is 37.9. The third-order valence-electron chi connectivity index (χ3n) is 3.48. The molecule has 1 rings (SSSR count). The van der Waals surface area contributed by atoms with E-state index in [1.807, 2.05) is 26.8 Å². The van der Waals surface area contributed by atoms with Crippen LogP contribution in [0.4, 0.5) is 0 Å². The molecule has 130 valence electrons. The van der Waals surface area contributed by atoms with Crippen molar-refractivity contribution in [3.05, 3.63) is 32.7 Å². The number of carbonyl (C=O) groups is 2. The average Bonchev–Trinajstić information content (AvgIpc) is 2.43. The molecular weight excluding hydrogens is 308 g/mol. The molecule has 7 heteroatoms. The van der Waals surface area contributed by atoms with Crippen LogP contribution in [0.25, 0.3) is 0 Å². The molecule has 0 aliphatic rings. The summed E-state index contributed by atoms with van der Waals surface area (Å²) in [6, 6.07) is 1.88. The fourth-order valence-corrected chi connectivity index (χ4v) is 2.39. The Morgan fingerprint density at radius 2 is 1.83 bits per heavy atom. The molecule has 0 saturated carbocycles. The van der Waals surface area contributed by atoms with Gasteiger partial charge >= 0.3 is 0 Å². The first-order valence-corrected chi connectivity index (χ1v) is 7.75. The predicted molar refractivity (Wildman–Crippen MR) is 90.5 cm³/mol. The molecule has 7 nitrogen and oxygen atoms in total. The van der Waals surface area contributed by atoms with E-state index >= 15 is 0 Å². The Bertz CT molecular complexity index is 736. The van der Waals surface area contributed by atoms with Gasteiger partial charge in [0.1, 0.15) is 11.6 Å². The molecule has 3 N–H and O–H groups in total. The number of nitrogens with zero attached hydrogens (tertiary/aromatic N) is 1. The van der Waals surface area contributed by atoms with Gasteiger partial charge in [-0.1, -0.05) is 0 Å². The monoisotopic (exact) mass is 332 g/mol. The van der Waals surface area contributed by atoms with Crippen LogP contribution in [-0.2, 0) is 16.0 Å². The molecule has 0 atom stereocenters. The minimum Gasteiger partial charge on any atom is -0.350 e.